The van der Waals surface area contributed by atoms with E-state index in [4.69, 9.17) is 27.9 Å². The van der Waals surface area contributed by atoms with Gasteiger partial charge >= 0.3 is 11.9 Å². The van der Waals surface area contributed by atoms with Crippen LogP contribution in [0.3, 0.4) is 0 Å². The lowest BCUT2D eigenvalue weighted by Gasteiger charge is -2.08. The second kappa shape index (κ2) is 6.78. The van der Waals surface area contributed by atoms with Crippen LogP contribution in [-0.4, -0.2) is 21.6 Å². The number of hydrogen-bond acceptors (Lipinski definition) is 3. The zero-order valence-corrected chi connectivity index (χ0v) is 14.6. The van der Waals surface area contributed by atoms with E-state index in [-0.39, 0.29) is 16.5 Å². The Morgan fingerprint density at radius 1 is 1.12 bits per heavy atom. The molecule has 1 aromatic heterocycles. The third-order valence-corrected chi connectivity index (χ3v) is 4.35. The quantitative estimate of drug-likeness (QED) is 0.531. The summed E-state index contributed by atoms with van der Waals surface area (Å²) in [5.41, 5.74) is 1.53. The molecule has 3 rings (SSSR count). The fourth-order valence-corrected chi connectivity index (χ4v) is 3.12. The van der Waals surface area contributed by atoms with Gasteiger partial charge in [0.1, 0.15) is 16.5 Å². The van der Waals surface area contributed by atoms with E-state index in [2.05, 4.69) is 0 Å². The van der Waals surface area contributed by atoms with Crippen molar-refractivity contribution >= 4 is 46.0 Å². The highest BCUT2D eigenvalue weighted by Gasteiger charge is 2.22. The maximum Gasteiger partial charge on any atom is 0.339 e. The molecule has 2 aromatic carbocycles. The molecule has 7 heteroatoms. The van der Waals surface area contributed by atoms with Crippen LogP contribution in [0, 0.1) is 0 Å². The number of fused-ring (bicyclic) bond motifs is 1. The molecular formula is C18H13Cl2NO4. The number of esters is 1. The van der Waals surface area contributed by atoms with Crippen molar-refractivity contribution in [1.29, 1.82) is 0 Å². The molecule has 1 N–H and O–H groups in total. The summed E-state index contributed by atoms with van der Waals surface area (Å²) in [6, 6.07) is 12.0. The first kappa shape index (κ1) is 17.3. The highest BCUT2D eigenvalue weighted by molar-refractivity contribution is 6.35. The third kappa shape index (κ3) is 3.48. The van der Waals surface area contributed by atoms with Crippen LogP contribution in [0.2, 0.25) is 10.2 Å². The van der Waals surface area contributed by atoms with Crippen molar-refractivity contribution in [2.24, 2.45) is 0 Å². The average molecular weight is 378 g/mol. The van der Waals surface area contributed by atoms with E-state index in [1.54, 1.807) is 28.8 Å². The van der Waals surface area contributed by atoms with Gasteiger partial charge in [-0.3, -0.25) is 4.79 Å². The van der Waals surface area contributed by atoms with Crippen LogP contribution in [-0.2, 0) is 11.3 Å². The molecule has 128 valence electrons. The summed E-state index contributed by atoms with van der Waals surface area (Å²) < 4.78 is 6.73. The Morgan fingerprint density at radius 3 is 2.40 bits per heavy atom. The molecule has 0 spiro atoms. The molecule has 0 aliphatic heterocycles. The number of aromatic carboxylic acids is 1. The first-order chi connectivity index (χ1) is 11.9. The molecule has 0 aliphatic carbocycles. The molecule has 0 radical (unpaired) electrons. The monoisotopic (exact) mass is 377 g/mol. The summed E-state index contributed by atoms with van der Waals surface area (Å²) >= 11 is 12.2. The van der Waals surface area contributed by atoms with E-state index in [1.165, 1.54) is 13.0 Å². The molecule has 25 heavy (non-hydrogen) atoms. The minimum Gasteiger partial charge on any atom is -0.478 e. The number of carbonyl (C=O) groups excluding carboxylic acids is 1. The van der Waals surface area contributed by atoms with Gasteiger partial charge in [-0.05, 0) is 35.9 Å². The van der Waals surface area contributed by atoms with E-state index in [0.29, 0.717) is 22.5 Å². The Kier molecular flexibility index (Phi) is 4.70. The predicted molar refractivity (Wildman–Crippen MR) is 95.8 cm³/mol. The topological polar surface area (TPSA) is 68.5 Å². The zero-order valence-electron chi connectivity index (χ0n) is 13.1. The molecule has 5 nitrogen and oxygen atoms in total. The molecule has 0 aliphatic rings. The van der Waals surface area contributed by atoms with Crippen LogP contribution in [0.1, 0.15) is 22.8 Å². The number of nitrogens with zero attached hydrogens (tertiary/aromatic N) is 1. The van der Waals surface area contributed by atoms with E-state index < -0.39 is 11.9 Å². The maximum absolute atomic E-state index is 11.7. The number of benzene rings is 2. The lowest BCUT2D eigenvalue weighted by Crippen LogP contribution is -2.02. The Bertz CT molecular complexity index is 977. The molecule has 0 unspecified atom stereocenters. The summed E-state index contributed by atoms with van der Waals surface area (Å²) in [5.74, 6) is -1.37. The van der Waals surface area contributed by atoms with Crippen LogP contribution in [0.15, 0.2) is 42.5 Å². The van der Waals surface area contributed by atoms with Crippen LogP contribution in [0.25, 0.3) is 10.9 Å². The Hall–Kier alpha value is -2.50. The van der Waals surface area contributed by atoms with E-state index in [1.807, 2.05) is 12.1 Å². The van der Waals surface area contributed by atoms with Crippen LogP contribution >= 0.6 is 23.2 Å². The molecule has 0 saturated heterocycles. The molecule has 0 amide bonds. The van der Waals surface area contributed by atoms with Gasteiger partial charge in [0, 0.05) is 23.9 Å². The summed E-state index contributed by atoms with van der Waals surface area (Å²) in [6.45, 7) is 1.66. The summed E-state index contributed by atoms with van der Waals surface area (Å²) in [4.78, 5) is 22.8. The predicted octanol–water partition coefficient (Wildman–Crippen LogP) is 4.62. The molecule has 0 bridgehead atoms. The SMILES string of the molecule is CC(=O)Oc1ccc2c(c1)c(C(=O)O)c(Cl)n2Cc1ccc(Cl)cc1. The van der Waals surface area contributed by atoms with E-state index >= 15 is 0 Å². The minimum atomic E-state index is -1.15. The summed E-state index contributed by atoms with van der Waals surface area (Å²) in [6.07, 6.45) is 0. The van der Waals surface area contributed by atoms with Crippen LogP contribution < -0.4 is 4.74 Å². The van der Waals surface area contributed by atoms with E-state index in [9.17, 15) is 14.7 Å². The number of halogens is 2. The third-order valence-electron chi connectivity index (χ3n) is 3.70. The summed E-state index contributed by atoms with van der Waals surface area (Å²) in [5, 5.41) is 10.7. The van der Waals surface area contributed by atoms with Crippen molar-refractivity contribution in [2.45, 2.75) is 13.5 Å². The van der Waals surface area contributed by atoms with Crippen molar-refractivity contribution in [2.75, 3.05) is 0 Å². The van der Waals surface area contributed by atoms with Gasteiger partial charge in [-0.1, -0.05) is 35.3 Å². The first-order valence-electron chi connectivity index (χ1n) is 7.34. The fraction of sp³-hybridized carbons (Fsp3) is 0.111. The second-order valence-electron chi connectivity index (χ2n) is 5.46. The Morgan fingerprint density at radius 2 is 1.80 bits per heavy atom. The number of carboxylic acid groups (broad SMARTS) is 1. The number of hydrogen-bond donors (Lipinski definition) is 1. The van der Waals surface area contributed by atoms with Crippen LogP contribution in [0.5, 0.6) is 5.75 Å². The van der Waals surface area contributed by atoms with Gasteiger partial charge in [0.15, 0.2) is 0 Å². The summed E-state index contributed by atoms with van der Waals surface area (Å²) in [7, 11) is 0. The number of rotatable bonds is 4. The van der Waals surface area contributed by atoms with Gasteiger partial charge in [0.2, 0.25) is 0 Å². The van der Waals surface area contributed by atoms with Gasteiger partial charge < -0.3 is 14.4 Å². The number of carbonyl (C=O) groups is 2. The molecule has 0 fully saturated rings. The normalized spacial score (nSPS) is 10.8. The van der Waals surface area contributed by atoms with Gasteiger partial charge in [-0.15, -0.1) is 0 Å². The average Bonchev–Trinajstić information content (AvgIpc) is 2.80. The van der Waals surface area contributed by atoms with Gasteiger partial charge in [-0.25, -0.2) is 4.79 Å². The second-order valence-corrected chi connectivity index (χ2v) is 6.25. The van der Waals surface area contributed by atoms with Gasteiger partial charge in [0.25, 0.3) is 0 Å². The van der Waals surface area contributed by atoms with E-state index in [0.717, 1.165) is 5.56 Å². The molecule has 3 aromatic rings. The molecule has 0 saturated carbocycles. The van der Waals surface area contributed by atoms with Crippen molar-refractivity contribution in [1.82, 2.24) is 4.57 Å². The largest absolute Gasteiger partial charge is 0.478 e. The molecule has 0 atom stereocenters. The highest BCUT2D eigenvalue weighted by Crippen LogP contribution is 2.33. The molecular weight excluding hydrogens is 365 g/mol. The van der Waals surface area contributed by atoms with Crippen molar-refractivity contribution < 1.29 is 19.4 Å². The van der Waals surface area contributed by atoms with Gasteiger partial charge in [0.05, 0.1) is 5.52 Å². The number of aromatic nitrogens is 1. The standard InChI is InChI=1S/C18H13Cl2NO4/c1-10(22)25-13-6-7-15-14(8-13)16(18(23)24)17(20)21(15)9-11-2-4-12(19)5-3-11/h2-8H,9H2,1H3,(H,23,24). The molecule has 1 heterocycles. The first-order valence-corrected chi connectivity index (χ1v) is 8.10. The number of carboxylic acids is 1. The highest BCUT2D eigenvalue weighted by atomic mass is 35.5. The van der Waals surface area contributed by atoms with Crippen molar-refractivity contribution in [3.05, 3.63) is 63.8 Å². The maximum atomic E-state index is 11.7. The minimum absolute atomic E-state index is 0.0281. The van der Waals surface area contributed by atoms with Crippen LogP contribution in [0.4, 0.5) is 0 Å². The van der Waals surface area contributed by atoms with Crippen molar-refractivity contribution in [3.63, 3.8) is 0 Å². The lowest BCUT2D eigenvalue weighted by atomic mass is 10.1. The lowest BCUT2D eigenvalue weighted by molar-refractivity contribution is -0.131. The smallest absolute Gasteiger partial charge is 0.339 e. The fourth-order valence-electron chi connectivity index (χ4n) is 2.66. The Labute approximate surface area is 153 Å². The van der Waals surface area contributed by atoms with Crippen molar-refractivity contribution in [3.8, 4) is 5.75 Å². The number of ether oxygens (including phenoxy) is 1. The zero-order chi connectivity index (χ0) is 18.1. The Balaban J connectivity index is 2.14. The van der Waals surface area contributed by atoms with Gasteiger partial charge in [-0.2, -0.15) is 0 Å².